The van der Waals surface area contributed by atoms with E-state index in [9.17, 15) is 41.0 Å². The predicted octanol–water partition coefficient (Wildman–Crippen LogP) is 5.21. The molecule has 2 aliphatic rings. The second-order valence-corrected chi connectivity index (χ2v) is 9.92. The molecule has 204 valence electrons. The lowest BCUT2D eigenvalue weighted by atomic mass is 9.84. The van der Waals surface area contributed by atoms with Crippen LogP contribution >= 0.6 is 0 Å². The third-order valence-electron chi connectivity index (χ3n) is 6.93. The van der Waals surface area contributed by atoms with Crippen LogP contribution in [0.3, 0.4) is 0 Å². The Morgan fingerprint density at radius 3 is 2.19 bits per heavy atom. The van der Waals surface area contributed by atoms with Crippen LogP contribution in [-0.2, 0) is 16.1 Å². The van der Waals surface area contributed by atoms with Crippen molar-refractivity contribution in [3.63, 3.8) is 0 Å². The zero-order valence-corrected chi connectivity index (χ0v) is 20.4. The number of amides is 1. The van der Waals surface area contributed by atoms with Crippen molar-refractivity contribution in [2.45, 2.75) is 70.1 Å². The molecule has 1 N–H and O–H groups in total. The molecule has 0 aromatic heterocycles. The van der Waals surface area contributed by atoms with Gasteiger partial charge in [-0.1, -0.05) is 30.0 Å². The van der Waals surface area contributed by atoms with Gasteiger partial charge in [-0.2, -0.15) is 26.3 Å². The summed E-state index contributed by atoms with van der Waals surface area (Å²) in [5.41, 5.74) is -0.0612. The van der Waals surface area contributed by atoms with E-state index >= 15 is 0 Å². The smallest absolute Gasteiger partial charge is 0.434 e. The summed E-state index contributed by atoms with van der Waals surface area (Å²) in [6.07, 6.45) is -15.0. The van der Waals surface area contributed by atoms with Gasteiger partial charge in [0.25, 0.3) is 6.10 Å². The summed E-state index contributed by atoms with van der Waals surface area (Å²) in [7, 11) is 0. The third kappa shape index (κ3) is 6.69. The summed E-state index contributed by atoms with van der Waals surface area (Å²) >= 11 is 0. The van der Waals surface area contributed by atoms with E-state index in [0.29, 0.717) is 24.9 Å². The number of halogens is 6. The summed E-state index contributed by atoms with van der Waals surface area (Å²) in [6, 6.07) is 7.30. The monoisotopic (exact) mass is 534 g/mol. The van der Waals surface area contributed by atoms with Crippen molar-refractivity contribution in [1.82, 2.24) is 9.80 Å². The number of alkyl halides is 6. The molecule has 0 bridgehead atoms. The number of aliphatic carboxylic acids is 1. The number of benzene rings is 1. The van der Waals surface area contributed by atoms with E-state index in [0.717, 1.165) is 29.8 Å². The molecule has 2 saturated heterocycles. The van der Waals surface area contributed by atoms with Gasteiger partial charge in [0.1, 0.15) is 5.41 Å². The van der Waals surface area contributed by atoms with Crippen LogP contribution in [0.25, 0.3) is 0 Å². The summed E-state index contributed by atoms with van der Waals surface area (Å²) in [5, 5.41) is 9.31. The number of likely N-dealkylation sites (tertiary alicyclic amines) is 2. The molecular formula is C25H28F6N2O4. The Bertz CT molecular complexity index is 1050. The molecule has 0 atom stereocenters. The first-order valence-electron chi connectivity index (χ1n) is 11.7. The zero-order valence-electron chi connectivity index (χ0n) is 20.4. The fourth-order valence-electron chi connectivity index (χ4n) is 4.67. The van der Waals surface area contributed by atoms with Crippen LogP contribution in [0.1, 0.15) is 50.7 Å². The lowest BCUT2D eigenvalue weighted by Crippen LogP contribution is -2.54. The minimum absolute atomic E-state index is 0.0357. The van der Waals surface area contributed by atoms with Gasteiger partial charge in [0.15, 0.2) is 0 Å². The number of carboxylic acid groups (broad SMARTS) is 1. The minimum atomic E-state index is -5.76. The SMILES string of the molecule is CC(C)(C#Cc1ccccc1CN1CCCC12CCN(C(=O)OC(C(F)(F)F)C(F)(F)F)CC2)C(=O)O. The van der Waals surface area contributed by atoms with Gasteiger partial charge in [0, 0.05) is 30.7 Å². The molecule has 0 aliphatic carbocycles. The van der Waals surface area contributed by atoms with Gasteiger partial charge >= 0.3 is 24.4 Å². The normalized spacial score (nSPS) is 18.6. The molecule has 1 aromatic rings. The molecule has 1 spiro atoms. The van der Waals surface area contributed by atoms with Gasteiger partial charge in [0.2, 0.25) is 0 Å². The van der Waals surface area contributed by atoms with E-state index in [4.69, 9.17) is 0 Å². The number of carbonyl (C=O) groups is 2. The molecule has 2 aliphatic heterocycles. The van der Waals surface area contributed by atoms with E-state index in [2.05, 4.69) is 21.5 Å². The molecule has 2 heterocycles. The van der Waals surface area contributed by atoms with Gasteiger partial charge in [-0.15, -0.1) is 0 Å². The first-order chi connectivity index (χ1) is 17.1. The molecule has 0 radical (unpaired) electrons. The first-order valence-corrected chi connectivity index (χ1v) is 11.7. The van der Waals surface area contributed by atoms with Gasteiger partial charge in [-0.05, 0) is 57.7 Å². The number of ether oxygens (including phenoxy) is 1. The number of nitrogens with zero attached hydrogens (tertiary/aromatic N) is 2. The summed E-state index contributed by atoms with van der Waals surface area (Å²) in [6.45, 7) is 4.14. The van der Waals surface area contributed by atoms with Crippen molar-refractivity contribution in [3.8, 4) is 11.8 Å². The van der Waals surface area contributed by atoms with E-state index in [-0.39, 0.29) is 18.6 Å². The quantitative estimate of drug-likeness (QED) is 0.425. The number of piperidine rings is 1. The molecule has 2 fully saturated rings. The zero-order chi connectivity index (χ0) is 27.6. The highest BCUT2D eigenvalue weighted by Gasteiger charge is 2.60. The highest BCUT2D eigenvalue weighted by Crippen LogP contribution is 2.41. The van der Waals surface area contributed by atoms with E-state index in [1.165, 1.54) is 13.8 Å². The Balaban J connectivity index is 1.70. The Labute approximate surface area is 210 Å². The average Bonchev–Trinajstić information content (AvgIpc) is 3.17. The standard InChI is InChI=1S/C25H28F6N2O4/c1-22(2,20(34)35)10-8-17-6-3-4-7-18(17)16-33-13-5-9-23(33)11-14-32(15-12-23)21(36)37-19(24(26,27)28)25(29,30)31/h3-4,6-7,19H,5,9,11-16H2,1-2H3,(H,34,35). The Kier molecular flexibility index (Phi) is 8.08. The molecule has 37 heavy (non-hydrogen) atoms. The first kappa shape index (κ1) is 28.6. The van der Waals surface area contributed by atoms with E-state index in [1.54, 1.807) is 12.1 Å². The number of carboxylic acids is 1. The Hall–Kier alpha value is -2.94. The minimum Gasteiger partial charge on any atom is -0.480 e. The van der Waals surface area contributed by atoms with Crippen LogP contribution < -0.4 is 0 Å². The number of hydrogen-bond donors (Lipinski definition) is 1. The van der Waals surface area contributed by atoms with Crippen LogP contribution in [0.15, 0.2) is 24.3 Å². The number of hydrogen-bond acceptors (Lipinski definition) is 4. The maximum absolute atomic E-state index is 12.8. The van der Waals surface area contributed by atoms with E-state index in [1.807, 2.05) is 12.1 Å². The van der Waals surface area contributed by atoms with E-state index < -0.39 is 35.9 Å². The van der Waals surface area contributed by atoms with Crippen molar-refractivity contribution >= 4 is 12.1 Å². The maximum atomic E-state index is 12.8. The van der Waals surface area contributed by atoms with Crippen molar-refractivity contribution in [3.05, 3.63) is 35.4 Å². The molecular weight excluding hydrogens is 506 g/mol. The number of rotatable bonds is 4. The lowest BCUT2D eigenvalue weighted by molar-refractivity contribution is -0.308. The summed E-state index contributed by atoms with van der Waals surface area (Å²) in [5.74, 6) is 4.69. The molecule has 12 heteroatoms. The summed E-state index contributed by atoms with van der Waals surface area (Å²) in [4.78, 5) is 26.6. The van der Waals surface area contributed by atoms with Gasteiger partial charge < -0.3 is 14.7 Å². The summed E-state index contributed by atoms with van der Waals surface area (Å²) < 4.78 is 80.5. The van der Waals surface area contributed by atoms with Crippen molar-refractivity contribution in [2.24, 2.45) is 5.41 Å². The van der Waals surface area contributed by atoms with Crippen LogP contribution in [-0.4, -0.2) is 70.6 Å². The van der Waals surface area contributed by atoms with Crippen molar-refractivity contribution in [1.29, 1.82) is 0 Å². The highest BCUT2D eigenvalue weighted by molar-refractivity contribution is 5.77. The molecule has 0 unspecified atom stereocenters. The Morgan fingerprint density at radius 1 is 1.03 bits per heavy atom. The van der Waals surface area contributed by atoms with Gasteiger partial charge in [-0.3, -0.25) is 9.69 Å². The molecule has 3 rings (SSSR count). The third-order valence-corrected chi connectivity index (χ3v) is 6.93. The fraction of sp³-hybridized carbons (Fsp3) is 0.600. The molecule has 0 saturated carbocycles. The molecule has 1 amide bonds. The van der Waals surface area contributed by atoms with Gasteiger partial charge in [-0.25, -0.2) is 4.79 Å². The second-order valence-electron chi connectivity index (χ2n) is 9.92. The van der Waals surface area contributed by atoms with Crippen molar-refractivity contribution < 1.29 is 45.8 Å². The van der Waals surface area contributed by atoms with Crippen LogP contribution in [0.5, 0.6) is 0 Å². The fourth-order valence-corrected chi connectivity index (χ4v) is 4.67. The largest absolute Gasteiger partial charge is 0.480 e. The van der Waals surface area contributed by atoms with Crippen LogP contribution in [0, 0.1) is 17.3 Å². The van der Waals surface area contributed by atoms with Crippen LogP contribution in [0.2, 0.25) is 0 Å². The topological polar surface area (TPSA) is 70.1 Å². The highest BCUT2D eigenvalue weighted by atomic mass is 19.4. The van der Waals surface area contributed by atoms with Gasteiger partial charge in [0.05, 0.1) is 0 Å². The van der Waals surface area contributed by atoms with Crippen LogP contribution in [0.4, 0.5) is 31.1 Å². The Morgan fingerprint density at radius 2 is 1.62 bits per heavy atom. The maximum Gasteiger partial charge on any atom is 0.434 e. The molecule has 1 aromatic carbocycles. The molecule has 6 nitrogen and oxygen atoms in total. The second kappa shape index (κ2) is 10.4. The lowest BCUT2D eigenvalue weighted by Gasteiger charge is -2.45. The predicted molar refractivity (Wildman–Crippen MR) is 120 cm³/mol. The number of carbonyl (C=O) groups excluding carboxylic acids is 1. The average molecular weight is 534 g/mol. The van der Waals surface area contributed by atoms with Crippen molar-refractivity contribution in [2.75, 3.05) is 19.6 Å².